The summed E-state index contributed by atoms with van der Waals surface area (Å²) in [5, 5.41) is 6.49. The molecule has 138 valence electrons. The summed E-state index contributed by atoms with van der Waals surface area (Å²) in [6, 6.07) is 13.2. The zero-order valence-electron chi connectivity index (χ0n) is 14.4. The van der Waals surface area contributed by atoms with E-state index in [-0.39, 0.29) is 24.2 Å². The van der Waals surface area contributed by atoms with E-state index in [1.165, 1.54) is 12.3 Å². The van der Waals surface area contributed by atoms with Crippen molar-refractivity contribution < 1.29 is 18.4 Å². The van der Waals surface area contributed by atoms with Gasteiger partial charge in [0.05, 0.1) is 19.5 Å². The molecule has 0 amide bonds. The molecule has 0 radical (unpaired) electrons. The van der Waals surface area contributed by atoms with Crippen LogP contribution in [0.5, 0.6) is 11.8 Å². The first-order valence-electron chi connectivity index (χ1n) is 8.00. The maximum absolute atomic E-state index is 13.8. The van der Waals surface area contributed by atoms with Gasteiger partial charge >= 0.3 is 6.01 Å². The van der Waals surface area contributed by atoms with Crippen molar-refractivity contribution >= 4 is 12.0 Å². The third kappa shape index (κ3) is 4.97. The van der Waals surface area contributed by atoms with Crippen LogP contribution in [0, 0.1) is 11.6 Å². The van der Waals surface area contributed by atoms with Gasteiger partial charge in [-0.3, -0.25) is 0 Å². The fourth-order valence-corrected chi connectivity index (χ4v) is 2.16. The van der Waals surface area contributed by atoms with Crippen molar-refractivity contribution in [3.8, 4) is 11.8 Å². The van der Waals surface area contributed by atoms with Crippen molar-refractivity contribution in [2.24, 2.45) is 5.16 Å². The predicted molar refractivity (Wildman–Crippen MR) is 96.9 cm³/mol. The number of benzene rings is 2. The molecule has 1 heterocycles. The second-order valence-corrected chi connectivity index (χ2v) is 5.39. The standard InChI is InChI=1S/C19H16F2N4O2/c1-26-15-8-6-13(7-9-15)10-24-27-19-23-12-17(21)18(25-19)22-11-14-4-2-3-5-16(14)20/h2-10,12H,11H2,1H3,(H,22,23,25). The highest BCUT2D eigenvalue weighted by molar-refractivity contribution is 5.79. The van der Waals surface area contributed by atoms with Crippen molar-refractivity contribution in [3.63, 3.8) is 0 Å². The van der Waals surface area contributed by atoms with Crippen molar-refractivity contribution in [1.29, 1.82) is 0 Å². The van der Waals surface area contributed by atoms with Crippen LogP contribution in [0.25, 0.3) is 0 Å². The van der Waals surface area contributed by atoms with Gasteiger partial charge in [-0.25, -0.2) is 8.78 Å². The Bertz CT molecular complexity index is 933. The van der Waals surface area contributed by atoms with E-state index < -0.39 is 5.82 Å². The second kappa shape index (κ2) is 8.70. The number of halogens is 2. The Kier molecular flexibility index (Phi) is 5.88. The topological polar surface area (TPSA) is 68.6 Å². The number of oxime groups is 1. The van der Waals surface area contributed by atoms with Gasteiger partial charge in [-0.05, 0) is 35.9 Å². The largest absolute Gasteiger partial charge is 0.497 e. The molecular weight excluding hydrogens is 354 g/mol. The molecule has 3 aromatic rings. The van der Waals surface area contributed by atoms with E-state index in [0.717, 1.165) is 17.5 Å². The quantitative estimate of drug-likeness (QED) is 0.506. The molecule has 0 aliphatic heterocycles. The van der Waals surface area contributed by atoms with Gasteiger partial charge in [0.2, 0.25) is 0 Å². The number of nitrogens with zero attached hydrogens (tertiary/aromatic N) is 3. The molecule has 6 nitrogen and oxygen atoms in total. The number of nitrogens with one attached hydrogen (secondary N) is 1. The van der Waals surface area contributed by atoms with Crippen LogP contribution in [0.3, 0.4) is 0 Å². The van der Waals surface area contributed by atoms with E-state index in [1.807, 2.05) is 0 Å². The summed E-state index contributed by atoms with van der Waals surface area (Å²) in [5.41, 5.74) is 1.16. The van der Waals surface area contributed by atoms with E-state index in [9.17, 15) is 8.78 Å². The molecule has 27 heavy (non-hydrogen) atoms. The van der Waals surface area contributed by atoms with Gasteiger partial charge in [0.1, 0.15) is 11.6 Å². The fourth-order valence-electron chi connectivity index (χ4n) is 2.16. The molecule has 2 aromatic carbocycles. The Labute approximate surface area is 154 Å². The SMILES string of the molecule is COc1ccc(C=NOc2ncc(F)c(NCc3ccccc3F)n2)cc1. The van der Waals surface area contributed by atoms with Crippen LogP contribution in [0.1, 0.15) is 11.1 Å². The average molecular weight is 370 g/mol. The molecule has 0 saturated carbocycles. The zero-order chi connectivity index (χ0) is 19.1. The molecule has 0 saturated heterocycles. The Hall–Kier alpha value is -3.55. The molecule has 0 aliphatic rings. The molecule has 0 spiro atoms. The monoisotopic (exact) mass is 370 g/mol. The van der Waals surface area contributed by atoms with Crippen LogP contribution in [0.15, 0.2) is 59.9 Å². The fraction of sp³-hybridized carbons (Fsp3) is 0.105. The number of methoxy groups -OCH3 is 1. The number of ether oxygens (including phenoxy) is 1. The molecule has 0 fully saturated rings. The highest BCUT2D eigenvalue weighted by atomic mass is 19.1. The van der Waals surface area contributed by atoms with Crippen molar-refractivity contribution in [1.82, 2.24) is 9.97 Å². The minimum Gasteiger partial charge on any atom is -0.497 e. The Balaban J connectivity index is 1.63. The van der Waals surface area contributed by atoms with Gasteiger partial charge in [-0.2, -0.15) is 9.97 Å². The van der Waals surface area contributed by atoms with Crippen molar-refractivity contribution in [2.75, 3.05) is 12.4 Å². The third-order valence-corrected chi connectivity index (χ3v) is 3.58. The maximum Gasteiger partial charge on any atom is 0.347 e. The lowest BCUT2D eigenvalue weighted by molar-refractivity contribution is 0.314. The first kappa shape index (κ1) is 18.2. The number of hydrogen-bond donors (Lipinski definition) is 1. The van der Waals surface area contributed by atoms with E-state index in [1.54, 1.807) is 49.6 Å². The Morgan fingerprint density at radius 3 is 2.59 bits per heavy atom. The van der Waals surface area contributed by atoms with Crippen LogP contribution < -0.4 is 14.9 Å². The summed E-state index contributed by atoms with van der Waals surface area (Å²) >= 11 is 0. The zero-order valence-corrected chi connectivity index (χ0v) is 14.4. The van der Waals surface area contributed by atoms with E-state index in [4.69, 9.17) is 9.57 Å². The minimum atomic E-state index is -0.683. The molecule has 3 rings (SSSR count). The predicted octanol–water partition coefficient (Wildman–Crippen LogP) is 3.79. The van der Waals surface area contributed by atoms with Crippen LogP contribution in [0.4, 0.5) is 14.6 Å². The highest BCUT2D eigenvalue weighted by Gasteiger charge is 2.09. The molecule has 0 atom stereocenters. The molecule has 1 aromatic heterocycles. The summed E-state index contributed by atoms with van der Waals surface area (Å²) < 4.78 is 32.5. The summed E-state index contributed by atoms with van der Waals surface area (Å²) in [7, 11) is 1.58. The van der Waals surface area contributed by atoms with Crippen LogP contribution in [0.2, 0.25) is 0 Å². The molecule has 0 aliphatic carbocycles. The van der Waals surface area contributed by atoms with Crippen molar-refractivity contribution in [2.45, 2.75) is 6.54 Å². The smallest absolute Gasteiger partial charge is 0.347 e. The van der Waals surface area contributed by atoms with Gasteiger partial charge < -0.3 is 14.9 Å². The molecule has 1 N–H and O–H groups in total. The first-order valence-corrected chi connectivity index (χ1v) is 8.00. The Morgan fingerprint density at radius 2 is 1.85 bits per heavy atom. The Morgan fingerprint density at radius 1 is 1.07 bits per heavy atom. The highest BCUT2D eigenvalue weighted by Crippen LogP contribution is 2.16. The third-order valence-electron chi connectivity index (χ3n) is 3.58. The summed E-state index contributed by atoms with van der Waals surface area (Å²) in [4.78, 5) is 12.7. The second-order valence-electron chi connectivity index (χ2n) is 5.39. The lowest BCUT2D eigenvalue weighted by Crippen LogP contribution is -2.06. The van der Waals surface area contributed by atoms with Gasteiger partial charge in [0.25, 0.3) is 0 Å². The lowest BCUT2D eigenvalue weighted by Gasteiger charge is -2.08. The van der Waals surface area contributed by atoms with Crippen molar-refractivity contribution in [3.05, 3.63) is 77.5 Å². The number of hydrogen-bond acceptors (Lipinski definition) is 6. The summed E-state index contributed by atoms with van der Waals surface area (Å²) in [6.45, 7) is 0.0646. The van der Waals surface area contributed by atoms with Gasteiger partial charge in [-0.15, -0.1) is 0 Å². The van der Waals surface area contributed by atoms with Gasteiger partial charge in [0.15, 0.2) is 11.6 Å². The lowest BCUT2D eigenvalue weighted by atomic mass is 10.2. The number of anilines is 1. The van der Waals surface area contributed by atoms with Crippen LogP contribution >= 0.6 is 0 Å². The molecule has 0 bridgehead atoms. The normalized spacial score (nSPS) is 10.8. The number of aromatic nitrogens is 2. The number of rotatable bonds is 7. The van der Waals surface area contributed by atoms with Gasteiger partial charge in [0, 0.05) is 12.1 Å². The van der Waals surface area contributed by atoms with E-state index >= 15 is 0 Å². The van der Waals surface area contributed by atoms with Gasteiger partial charge in [-0.1, -0.05) is 23.4 Å². The van der Waals surface area contributed by atoms with E-state index in [2.05, 4.69) is 20.4 Å². The summed E-state index contributed by atoms with van der Waals surface area (Å²) in [6.07, 6.45) is 2.41. The van der Waals surface area contributed by atoms with Crippen LogP contribution in [-0.2, 0) is 6.54 Å². The molecule has 8 heteroatoms. The van der Waals surface area contributed by atoms with E-state index in [0.29, 0.717) is 5.56 Å². The van der Waals surface area contributed by atoms with Crippen LogP contribution in [-0.4, -0.2) is 23.3 Å². The maximum atomic E-state index is 13.8. The molecule has 0 unspecified atom stereocenters. The molecular formula is C19H16F2N4O2. The average Bonchev–Trinajstić information content (AvgIpc) is 2.70. The minimum absolute atomic E-state index is 0.0646. The summed E-state index contributed by atoms with van der Waals surface area (Å²) in [5.74, 6) is -0.457. The first-order chi connectivity index (χ1) is 13.2.